The van der Waals surface area contributed by atoms with E-state index in [-0.39, 0.29) is 29.9 Å². The van der Waals surface area contributed by atoms with E-state index in [4.69, 9.17) is 0 Å². The number of nitrogens with one attached hydrogen (secondary N) is 3. The third kappa shape index (κ3) is 7.42. The summed E-state index contributed by atoms with van der Waals surface area (Å²) in [5.41, 5.74) is 1.24. The number of guanidine groups is 1. The molecule has 0 aromatic heterocycles. The molecule has 1 amide bonds. The second-order valence-corrected chi connectivity index (χ2v) is 8.09. The molecule has 2 aliphatic rings. The fraction of sp³-hybridized carbons (Fsp3) is 0.600. The highest BCUT2D eigenvalue weighted by molar-refractivity contribution is 14.0. The number of anilines is 1. The minimum Gasteiger partial charge on any atom is -0.368 e. The highest BCUT2D eigenvalue weighted by Gasteiger charge is 2.25. The van der Waals surface area contributed by atoms with Gasteiger partial charge in [0.25, 0.3) is 0 Å². The average molecular weight is 564 g/mol. The second kappa shape index (κ2) is 11.8. The maximum absolute atomic E-state index is 11.7. The fourth-order valence-electron chi connectivity index (χ4n) is 3.28. The van der Waals surface area contributed by atoms with Crippen LogP contribution in [-0.2, 0) is 4.79 Å². The molecule has 1 heterocycles. The maximum Gasteiger partial charge on any atom is 0.220 e. The largest absolute Gasteiger partial charge is 0.368 e. The topological polar surface area (TPSA) is 68.8 Å². The summed E-state index contributed by atoms with van der Waals surface area (Å²) in [6, 6.07) is 9.16. The van der Waals surface area contributed by atoms with E-state index in [1.165, 1.54) is 5.69 Å². The monoisotopic (exact) mass is 563 g/mol. The van der Waals surface area contributed by atoms with Gasteiger partial charge >= 0.3 is 0 Å². The van der Waals surface area contributed by atoms with Crippen molar-refractivity contribution in [1.29, 1.82) is 0 Å². The van der Waals surface area contributed by atoms with Gasteiger partial charge in [0.15, 0.2) is 5.96 Å². The first-order valence-corrected chi connectivity index (χ1v) is 10.8. The van der Waals surface area contributed by atoms with Gasteiger partial charge in [0.2, 0.25) is 5.91 Å². The first-order valence-electron chi connectivity index (χ1n) is 9.99. The van der Waals surface area contributed by atoms with Gasteiger partial charge in [-0.25, -0.2) is 0 Å². The summed E-state index contributed by atoms with van der Waals surface area (Å²) in [7, 11) is 0. The summed E-state index contributed by atoms with van der Waals surface area (Å²) >= 11 is 3.64. The molecule has 2 fully saturated rings. The van der Waals surface area contributed by atoms with E-state index in [2.05, 4.69) is 66.9 Å². The van der Waals surface area contributed by atoms with E-state index in [9.17, 15) is 4.79 Å². The van der Waals surface area contributed by atoms with Crippen molar-refractivity contribution in [3.8, 4) is 0 Å². The van der Waals surface area contributed by atoms with E-state index in [0.29, 0.717) is 25.0 Å². The number of rotatable bonds is 8. The molecule has 0 bridgehead atoms. The normalized spacial score (nSPS) is 19.1. The van der Waals surface area contributed by atoms with Gasteiger partial charge in [0, 0.05) is 49.2 Å². The Morgan fingerprint density at radius 2 is 2.00 bits per heavy atom. The fourth-order valence-corrected chi connectivity index (χ4v) is 3.81. The van der Waals surface area contributed by atoms with Gasteiger partial charge < -0.3 is 20.9 Å². The Hall–Kier alpha value is -1.03. The molecule has 3 N–H and O–H groups in total. The Labute approximate surface area is 193 Å². The van der Waals surface area contributed by atoms with Crippen molar-refractivity contribution in [1.82, 2.24) is 16.0 Å². The van der Waals surface area contributed by atoms with Crippen LogP contribution in [0.15, 0.2) is 33.7 Å². The second-order valence-electron chi connectivity index (χ2n) is 7.23. The van der Waals surface area contributed by atoms with Crippen molar-refractivity contribution in [3.63, 3.8) is 0 Å². The van der Waals surface area contributed by atoms with Crippen molar-refractivity contribution in [2.45, 2.75) is 51.1 Å². The number of hydrogen-bond donors (Lipinski definition) is 3. The minimum atomic E-state index is 0. The van der Waals surface area contributed by atoms with Gasteiger partial charge in [-0.3, -0.25) is 9.79 Å². The molecule has 1 atom stereocenters. The van der Waals surface area contributed by atoms with Gasteiger partial charge in [-0.2, -0.15) is 0 Å². The standard InChI is InChI=1S/C20H30BrN5O.HI/c1-2-22-20(23-12-5-8-19(27)24-15-9-10-15)25-16-11-13-26(14-16)18-7-4-3-6-17(18)21;/h3-4,6-7,15-16H,2,5,8-14H2,1H3,(H,24,27)(H2,22,23,25);1H. The molecule has 3 rings (SSSR count). The summed E-state index contributed by atoms with van der Waals surface area (Å²) in [4.78, 5) is 18.8. The smallest absolute Gasteiger partial charge is 0.220 e. The Morgan fingerprint density at radius 1 is 1.21 bits per heavy atom. The Morgan fingerprint density at radius 3 is 2.71 bits per heavy atom. The number of nitrogens with zero attached hydrogens (tertiary/aromatic N) is 2. The van der Waals surface area contributed by atoms with Crippen LogP contribution in [-0.4, -0.2) is 50.1 Å². The molecule has 6 nitrogen and oxygen atoms in total. The highest BCUT2D eigenvalue weighted by Crippen LogP contribution is 2.28. The van der Waals surface area contributed by atoms with Crippen LogP contribution in [0, 0.1) is 0 Å². The summed E-state index contributed by atoms with van der Waals surface area (Å²) in [5, 5.41) is 9.89. The molecule has 0 spiro atoms. The summed E-state index contributed by atoms with van der Waals surface area (Å²) < 4.78 is 1.13. The predicted molar refractivity (Wildman–Crippen MR) is 130 cm³/mol. The number of benzene rings is 1. The van der Waals surface area contributed by atoms with Crippen LogP contribution >= 0.6 is 39.9 Å². The molecule has 28 heavy (non-hydrogen) atoms. The molecule has 156 valence electrons. The third-order valence-corrected chi connectivity index (χ3v) is 5.51. The zero-order valence-electron chi connectivity index (χ0n) is 16.4. The van der Waals surface area contributed by atoms with Gasteiger partial charge in [-0.15, -0.1) is 24.0 Å². The molecule has 1 saturated carbocycles. The maximum atomic E-state index is 11.7. The number of hydrogen-bond acceptors (Lipinski definition) is 3. The number of carbonyl (C=O) groups is 1. The number of para-hydroxylation sites is 1. The van der Waals surface area contributed by atoms with Crippen LogP contribution in [0.3, 0.4) is 0 Å². The predicted octanol–water partition coefficient (Wildman–Crippen LogP) is 3.26. The van der Waals surface area contributed by atoms with Gasteiger partial charge in [-0.1, -0.05) is 12.1 Å². The van der Waals surface area contributed by atoms with Gasteiger partial charge in [0.05, 0.1) is 5.69 Å². The molecule has 1 aliphatic heterocycles. The molecule has 1 aromatic rings. The number of carbonyl (C=O) groups excluding carboxylic acids is 1. The van der Waals surface area contributed by atoms with Gasteiger partial charge in [-0.05, 0) is 60.7 Å². The van der Waals surface area contributed by atoms with Crippen LogP contribution < -0.4 is 20.9 Å². The van der Waals surface area contributed by atoms with Crippen LogP contribution in [0.1, 0.15) is 39.0 Å². The lowest BCUT2D eigenvalue weighted by Gasteiger charge is -2.21. The Kier molecular flexibility index (Phi) is 9.84. The molecular formula is C20H31BrIN5O. The Balaban J connectivity index is 0.00000280. The first-order chi connectivity index (χ1) is 13.2. The number of halogens is 2. The molecule has 1 aromatic carbocycles. The quantitative estimate of drug-likeness (QED) is 0.197. The zero-order chi connectivity index (χ0) is 19.1. The van der Waals surface area contributed by atoms with E-state index < -0.39 is 0 Å². The van der Waals surface area contributed by atoms with E-state index in [1.54, 1.807) is 0 Å². The summed E-state index contributed by atoms with van der Waals surface area (Å²) in [6.07, 6.45) is 4.68. The van der Waals surface area contributed by atoms with Crippen LogP contribution in [0.2, 0.25) is 0 Å². The lowest BCUT2D eigenvalue weighted by Crippen LogP contribution is -2.44. The van der Waals surface area contributed by atoms with E-state index in [1.807, 2.05) is 6.07 Å². The minimum absolute atomic E-state index is 0. The lowest BCUT2D eigenvalue weighted by atomic mass is 10.2. The molecule has 0 radical (unpaired) electrons. The van der Waals surface area contributed by atoms with E-state index >= 15 is 0 Å². The molecule has 1 unspecified atom stereocenters. The molecule has 1 saturated heterocycles. The van der Waals surface area contributed by atoms with Crippen LogP contribution in [0.5, 0.6) is 0 Å². The van der Waals surface area contributed by atoms with Crippen molar-refractivity contribution in [3.05, 3.63) is 28.7 Å². The van der Waals surface area contributed by atoms with Crippen LogP contribution in [0.4, 0.5) is 5.69 Å². The highest BCUT2D eigenvalue weighted by atomic mass is 127. The van der Waals surface area contributed by atoms with Crippen molar-refractivity contribution in [2.75, 3.05) is 31.1 Å². The zero-order valence-corrected chi connectivity index (χ0v) is 20.3. The van der Waals surface area contributed by atoms with Crippen molar-refractivity contribution >= 4 is 57.5 Å². The average Bonchev–Trinajstić information content (AvgIpc) is 3.34. The number of amides is 1. The molecular weight excluding hydrogens is 533 g/mol. The Bertz CT molecular complexity index is 668. The van der Waals surface area contributed by atoms with Crippen molar-refractivity contribution in [2.24, 2.45) is 4.99 Å². The van der Waals surface area contributed by atoms with E-state index in [0.717, 1.165) is 55.7 Å². The third-order valence-electron chi connectivity index (χ3n) is 4.84. The number of aliphatic imine (C=N–C) groups is 1. The van der Waals surface area contributed by atoms with Crippen LogP contribution in [0.25, 0.3) is 0 Å². The molecule has 1 aliphatic carbocycles. The van der Waals surface area contributed by atoms with Crippen molar-refractivity contribution < 1.29 is 4.79 Å². The molecule has 8 heteroatoms. The first kappa shape index (κ1) is 23.3. The van der Waals surface area contributed by atoms with Gasteiger partial charge in [0.1, 0.15) is 0 Å². The lowest BCUT2D eigenvalue weighted by molar-refractivity contribution is -0.121. The SMILES string of the molecule is CCNC(=NCCCC(=O)NC1CC1)NC1CCN(c2ccccc2Br)C1.I. The summed E-state index contributed by atoms with van der Waals surface area (Å²) in [6.45, 7) is 5.54. The summed E-state index contributed by atoms with van der Waals surface area (Å²) in [5.74, 6) is 1.00.